The Morgan fingerprint density at radius 1 is 1.23 bits per heavy atom. The SMILES string of the molecule is CCCCCCCCC(=O)NC(CC(=O)OC)c1cccs1. The van der Waals surface area contributed by atoms with Crippen LogP contribution in [0.15, 0.2) is 17.5 Å². The fourth-order valence-electron chi connectivity index (χ4n) is 2.29. The third-order valence-corrected chi connectivity index (χ3v) is 4.56. The first-order chi connectivity index (χ1) is 10.7. The van der Waals surface area contributed by atoms with Gasteiger partial charge in [-0.25, -0.2) is 0 Å². The molecule has 0 saturated heterocycles. The summed E-state index contributed by atoms with van der Waals surface area (Å²) >= 11 is 1.54. The van der Waals surface area contributed by atoms with Crippen LogP contribution in [0.1, 0.15) is 69.2 Å². The third kappa shape index (κ3) is 7.59. The Labute approximate surface area is 137 Å². The highest BCUT2D eigenvalue weighted by Gasteiger charge is 2.19. The highest BCUT2D eigenvalue weighted by molar-refractivity contribution is 7.10. The van der Waals surface area contributed by atoms with Gasteiger partial charge in [-0.2, -0.15) is 0 Å². The van der Waals surface area contributed by atoms with Crippen LogP contribution in [0.4, 0.5) is 0 Å². The van der Waals surface area contributed by atoms with Gasteiger partial charge in [0, 0.05) is 11.3 Å². The molecule has 1 aromatic heterocycles. The van der Waals surface area contributed by atoms with Gasteiger partial charge in [0.15, 0.2) is 0 Å². The number of unbranched alkanes of at least 4 members (excludes halogenated alkanes) is 5. The molecule has 124 valence electrons. The van der Waals surface area contributed by atoms with E-state index in [0.717, 1.165) is 17.7 Å². The molecule has 1 unspecified atom stereocenters. The predicted octanol–water partition coefficient (Wildman–Crippen LogP) is 4.22. The van der Waals surface area contributed by atoms with Gasteiger partial charge in [-0.1, -0.05) is 45.1 Å². The van der Waals surface area contributed by atoms with Gasteiger partial charge in [-0.3, -0.25) is 9.59 Å². The molecule has 1 amide bonds. The van der Waals surface area contributed by atoms with E-state index in [1.54, 1.807) is 11.3 Å². The molecule has 1 atom stereocenters. The first kappa shape index (κ1) is 18.7. The lowest BCUT2D eigenvalue weighted by atomic mass is 10.1. The summed E-state index contributed by atoms with van der Waals surface area (Å²) in [6.07, 6.45) is 7.64. The second-order valence-corrected chi connectivity index (χ2v) is 6.41. The van der Waals surface area contributed by atoms with E-state index in [-0.39, 0.29) is 24.3 Å². The molecule has 0 aliphatic heterocycles. The summed E-state index contributed by atoms with van der Waals surface area (Å²) in [4.78, 5) is 24.5. The zero-order valence-corrected chi connectivity index (χ0v) is 14.4. The number of amides is 1. The maximum Gasteiger partial charge on any atom is 0.307 e. The van der Waals surface area contributed by atoms with Crippen molar-refractivity contribution in [2.75, 3.05) is 7.11 Å². The van der Waals surface area contributed by atoms with Gasteiger partial charge in [0.2, 0.25) is 5.91 Å². The second kappa shape index (κ2) is 11.2. The molecule has 1 heterocycles. The van der Waals surface area contributed by atoms with Gasteiger partial charge in [-0.05, 0) is 17.9 Å². The van der Waals surface area contributed by atoms with Gasteiger partial charge < -0.3 is 10.1 Å². The van der Waals surface area contributed by atoms with E-state index >= 15 is 0 Å². The smallest absolute Gasteiger partial charge is 0.307 e. The van der Waals surface area contributed by atoms with Gasteiger partial charge in [0.05, 0.1) is 19.6 Å². The number of esters is 1. The van der Waals surface area contributed by atoms with Gasteiger partial charge in [0.25, 0.3) is 0 Å². The molecule has 1 aromatic rings. The number of rotatable bonds is 11. The minimum absolute atomic E-state index is 0.0118. The van der Waals surface area contributed by atoms with Crippen molar-refractivity contribution in [2.24, 2.45) is 0 Å². The van der Waals surface area contributed by atoms with Crippen LogP contribution in [0.5, 0.6) is 0 Å². The lowest BCUT2D eigenvalue weighted by Crippen LogP contribution is -2.29. The molecule has 0 aliphatic rings. The van der Waals surface area contributed by atoms with E-state index in [1.807, 2.05) is 17.5 Å². The molecule has 5 heteroatoms. The summed E-state index contributed by atoms with van der Waals surface area (Å²) in [7, 11) is 1.37. The van der Waals surface area contributed by atoms with Gasteiger partial charge in [0.1, 0.15) is 0 Å². The van der Waals surface area contributed by atoms with Crippen molar-refractivity contribution in [1.82, 2.24) is 5.32 Å². The average Bonchev–Trinajstić information content (AvgIpc) is 3.04. The Hall–Kier alpha value is -1.36. The molecule has 4 nitrogen and oxygen atoms in total. The van der Waals surface area contributed by atoms with Gasteiger partial charge in [-0.15, -0.1) is 11.3 Å². The summed E-state index contributed by atoms with van der Waals surface area (Å²) in [6, 6.07) is 3.58. The summed E-state index contributed by atoms with van der Waals surface area (Å²) in [6.45, 7) is 2.19. The average molecular weight is 325 g/mol. The molecule has 0 aromatic carbocycles. The first-order valence-corrected chi connectivity index (χ1v) is 8.95. The molecule has 1 rings (SSSR count). The Kier molecular flexibility index (Phi) is 9.55. The highest BCUT2D eigenvalue weighted by Crippen LogP contribution is 2.22. The molecular weight excluding hydrogens is 298 g/mol. The summed E-state index contributed by atoms with van der Waals surface area (Å²) < 4.78 is 4.71. The van der Waals surface area contributed by atoms with Crippen LogP contribution < -0.4 is 5.32 Å². The molecule has 0 radical (unpaired) electrons. The lowest BCUT2D eigenvalue weighted by Gasteiger charge is -2.16. The number of ether oxygens (including phenoxy) is 1. The number of carbonyl (C=O) groups excluding carboxylic acids is 2. The zero-order chi connectivity index (χ0) is 16.2. The van der Waals surface area contributed by atoms with Crippen molar-refractivity contribution in [3.8, 4) is 0 Å². The minimum Gasteiger partial charge on any atom is -0.469 e. The fourth-order valence-corrected chi connectivity index (χ4v) is 3.07. The predicted molar refractivity (Wildman–Crippen MR) is 89.8 cm³/mol. The van der Waals surface area contributed by atoms with E-state index in [4.69, 9.17) is 4.74 Å². The largest absolute Gasteiger partial charge is 0.469 e. The van der Waals surface area contributed by atoms with Crippen LogP contribution in [0, 0.1) is 0 Å². The Morgan fingerprint density at radius 3 is 2.59 bits per heavy atom. The molecule has 1 N–H and O–H groups in total. The van der Waals surface area contributed by atoms with Crippen molar-refractivity contribution < 1.29 is 14.3 Å². The fraction of sp³-hybridized carbons (Fsp3) is 0.647. The Balaban J connectivity index is 2.35. The van der Waals surface area contributed by atoms with Crippen LogP contribution in [-0.4, -0.2) is 19.0 Å². The standard InChI is InChI=1S/C17H27NO3S/c1-3-4-5-6-7-8-11-16(19)18-14(13-17(20)21-2)15-10-9-12-22-15/h9-10,12,14H,3-8,11,13H2,1-2H3,(H,18,19). The summed E-state index contributed by atoms with van der Waals surface area (Å²) in [5, 5.41) is 4.90. The molecule has 22 heavy (non-hydrogen) atoms. The maximum atomic E-state index is 12.0. The topological polar surface area (TPSA) is 55.4 Å². The molecule has 0 bridgehead atoms. The van der Waals surface area contributed by atoms with Crippen molar-refractivity contribution in [1.29, 1.82) is 0 Å². The van der Waals surface area contributed by atoms with E-state index in [1.165, 1.54) is 32.8 Å². The summed E-state index contributed by atoms with van der Waals surface area (Å²) in [5.41, 5.74) is 0. The minimum atomic E-state index is -0.307. The van der Waals surface area contributed by atoms with Crippen molar-refractivity contribution in [2.45, 2.75) is 64.3 Å². The van der Waals surface area contributed by atoms with Crippen LogP contribution in [-0.2, 0) is 14.3 Å². The molecule has 0 fully saturated rings. The Bertz CT molecular complexity index is 431. The Morgan fingerprint density at radius 2 is 1.95 bits per heavy atom. The van der Waals surface area contributed by atoms with E-state index in [2.05, 4.69) is 12.2 Å². The number of methoxy groups -OCH3 is 1. The molecule has 0 aliphatic carbocycles. The van der Waals surface area contributed by atoms with Crippen LogP contribution >= 0.6 is 11.3 Å². The molecule has 0 spiro atoms. The van der Waals surface area contributed by atoms with Crippen LogP contribution in [0.3, 0.4) is 0 Å². The van der Waals surface area contributed by atoms with Crippen molar-refractivity contribution in [3.63, 3.8) is 0 Å². The lowest BCUT2D eigenvalue weighted by molar-refractivity contribution is -0.141. The van der Waals surface area contributed by atoms with Crippen molar-refractivity contribution >= 4 is 23.2 Å². The number of hydrogen-bond acceptors (Lipinski definition) is 4. The maximum absolute atomic E-state index is 12.0. The summed E-state index contributed by atoms with van der Waals surface area (Å²) in [5.74, 6) is -0.295. The van der Waals surface area contributed by atoms with Crippen LogP contribution in [0.25, 0.3) is 0 Å². The van der Waals surface area contributed by atoms with Crippen molar-refractivity contribution in [3.05, 3.63) is 22.4 Å². The van der Waals surface area contributed by atoms with Crippen LogP contribution in [0.2, 0.25) is 0 Å². The molecule has 0 saturated carbocycles. The number of thiophene rings is 1. The second-order valence-electron chi connectivity index (χ2n) is 5.43. The first-order valence-electron chi connectivity index (χ1n) is 8.07. The zero-order valence-electron chi connectivity index (χ0n) is 13.6. The monoisotopic (exact) mass is 325 g/mol. The molecular formula is C17H27NO3S. The number of hydrogen-bond donors (Lipinski definition) is 1. The highest BCUT2D eigenvalue weighted by atomic mass is 32.1. The normalized spacial score (nSPS) is 11.9. The number of nitrogens with one attached hydrogen (secondary N) is 1. The third-order valence-electron chi connectivity index (χ3n) is 3.58. The van der Waals surface area contributed by atoms with Gasteiger partial charge >= 0.3 is 5.97 Å². The number of carbonyl (C=O) groups is 2. The quantitative estimate of drug-likeness (QED) is 0.489. The van der Waals surface area contributed by atoms with E-state index in [9.17, 15) is 9.59 Å². The van der Waals surface area contributed by atoms with E-state index in [0.29, 0.717) is 6.42 Å². The van der Waals surface area contributed by atoms with E-state index < -0.39 is 0 Å².